The number of hydrogen-bond acceptors (Lipinski definition) is 4. The zero-order valence-electron chi connectivity index (χ0n) is 15.4. The Hall–Kier alpha value is -1.16. The first-order valence-electron chi connectivity index (χ1n) is 9.36. The molecule has 0 atom stereocenters. The van der Waals surface area contributed by atoms with Gasteiger partial charge >= 0.3 is 0 Å². The number of thioether (sulfide) groups is 1. The first-order valence-corrected chi connectivity index (χ1v) is 10.6. The zero-order valence-corrected chi connectivity index (χ0v) is 16.2. The average Bonchev–Trinajstić information content (AvgIpc) is 2.57. The second kappa shape index (κ2) is 12.2. The summed E-state index contributed by atoms with van der Waals surface area (Å²) in [6, 6.07) is 3.53. The Labute approximate surface area is 152 Å². The van der Waals surface area contributed by atoms with E-state index in [0.717, 1.165) is 18.4 Å². The summed E-state index contributed by atoms with van der Waals surface area (Å²) in [6.45, 7) is 2.26. The molecular formula is C20H34N2OS. The third-order valence-corrected chi connectivity index (χ3v) is 5.08. The van der Waals surface area contributed by atoms with E-state index in [0.29, 0.717) is 16.9 Å². The van der Waals surface area contributed by atoms with Crippen molar-refractivity contribution in [1.82, 2.24) is 0 Å². The molecule has 24 heavy (non-hydrogen) atoms. The van der Waals surface area contributed by atoms with Gasteiger partial charge in [0.15, 0.2) is 0 Å². The zero-order chi connectivity index (χ0) is 17.8. The maximum atomic E-state index is 12.1. The molecule has 4 heteroatoms. The minimum atomic E-state index is 0.0519. The number of nitrogen functional groups attached to an aromatic ring is 2. The topological polar surface area (TPSA) is 69.1 Å². The predicted molar refractivity (Wildman–Crippen MR) is 109 cm³/mol. The standard InChI is InChI=1S/C20H34N2OS/c1-3-4-5-6-7-8-9-10-11-12-13-17-18(20(23)24-2)14-16(21)15-19(17)22/h14-15H,3-13,21-22H2,1-2H3. The van der Waals surface area contributed by atoms with E-state index in [9.17, 15) is 4.79 Å². The first kappa shape index (κ1) is 20.9. The average molecular weight is 351 g/mol. The lowest BCUT2D eigenvalue weighted by Crippen LogP contribution is -2.06. The smallest absolute Gasteiger partial charge is 0.219 e. The molecule has 4 N–H and O–H groups in total. The van der Waals surface area contributed by atoms with E-state index in [1.165, 1.54) is 69.5 Å². The Morgan fingerprint density at radius 1 is 0.917 bits per heavy atom. The number of hydrogen-bond donors (Lipinski definition) is 2. The molecule has 0 radical (unpaired) electrons. The molecule has 136 valence electrons. The van der Waals surface area contributed by atoms with E-state index in [1.807, 2.05) is 0 Å². The number of carbonyl (C=O) groups is 1. The Kier molecular flexibility index (Phi) is 10.6. The second-order valence-electron chi connectivity index (χ2n) is 6.56. The van der Waals surface area contributed by atoms with Crippen LogP contribution in [0.25, 0.3) is 0 Å². The molecule has 0 spiro atoms. The van der Waals surface area contributed by atoms with Gasteiger partial charge in [-0.15, -0.1) is 0 Å². The van der Waals surface area contributed by atoms with Crippen molar-refractivity contribution in [1.29, 1.82) is 0 Å². The molecule has 0 aromatic heterocycles. The Morgan fingerprint density at radius 2 is 1.46 bits per heavy atom. The molecule has 0 heterocycles. The molecule has 0 unspecified atom stereocenters. The van der Waals surface area contributed by atoms with Crippen molar-refractivity contribution in [2.45, 2.75) is 77.6 Å². The summed E-state index contributed by atoms with van der Waals surface area (Å²) in [5.74, 6) is 0. The van der Waals surface area contributed by atoms with Gasteiger partial charge < -0.3 is 11.5 Å². The van der Waals surface area contributed by atoms with Crippen molar-refractivity contribution < 1.29 is 4.79 Å². The normalized spacial score (nSPS) is 10.9. The van der Waals surface area contributed by atoms with Gasteiger partial charge in [0.25, 0.3) is 0 Å². The van der Waals surface area contributed by atoms with Gasteiger partial charge in [0, 0.05) is 16.9 Å². The molecule has 1 aromatic carbocycles. The minimum absolute atomic E-state index is 0.0519. The van der Waals surface area contributed by atoms with Crippen LogP contribution in [-0.4, -0.2) is 11.4 Å². The van der Waals surface area contributed by atoms with Crippen molar-refractivity contribution in [3.63, 3.8) is 0 Å². The maximum absolute atomic E-state index is 12.1. The molecule has 0 aliphatic carbocycles. The predicted octanol–water partition coefficient (Wildman–Crippen LogP) is 5.82. The summed E-state index contributed by atoms with van der Waals surface area (Å²) in [4.78, 5) is 12.1. The molecule has 1 rings (SSSR count). The van der Waals surface area contributed by atoms with Crippen LogP contribution in [0.1, 0.15) is 87.1 Å². The van der Waals surface area contributed by atoms with Crippen molar-refractivity contribution in [2.75, 3.05) is 17.7 Å². The van der Waals surface area contributed by atoms with Gasteiger partial charge in [0.05, 0.1) is 0 Å². The van der Waals surface area contributed by atoms with Crippen molar-refractivity contribution in [2.24, 2.45) is 0 Å². The third-order valence-electron chi connectivity index (χ3n) is 4.49. The molecule has 0 aliphatic heterocycles. The highest BCUT2D eigenvalue weighted by atomic mass is 32.2. The summed E-state index contributed by atoms with van der Waals surface area (Å²) in [5.41, 5.74) is 14.8. The molecule has 0 aliphatic rings. The summed E-state index contributed by atoms with van der Waals surface area (Å²) >= 11 is 1.22. The van der Waals surface area contributed by atoms with Crippen LogP contribution in [0.5, 0.6) is 0 Å². The number of benzene rings is 1. The van der Waals surface area contributed by atoms with Crippen LogP contribution >= 0.6 is 11.8 Å². The monoisotopic (exact) mass is 350 g/mol. The highest BCUT2D eigenvalue weighted by Gasteiger charge is 2.14. The maximum Gasteiger partial charge on any atom is 0.219 e. The van der Waals surface area contributed by atoms with E-state index in [4.69, 9.17) is 11.5 Å². The van der Waals surface area contributed by atoms with Gasteiger partial charge in [-0.25, -0.2) is 0 Å². The number of carbonyl (C=O) groups excluding carboxylic acids is 1. The molecule has 0 amide bonds. The van der Waals surface area contributed by atoms with E-state index in [2.05, 4.69) is 6.92 Å². The highest BCUT2D eigenvalue weighted by Crippen LogP contribution is 2.26. The van der Waals surface area contributed by atoms with E-state index in [1.54, 1.807) is 18.4 Å². The second-order valence-corrected chi connectivity index (χ2v) is 7.34. The SMILES string of the molecule is CCCCCCCCCCCCc1c(N)cc(N)cc1C(=O)SC. The van der Waals surface area contributed by atoms with Gasteiger partial charge in [0.1, 0.15) is 0 Å². The number of anilines is 2. The summed E-state index contributed by atoms with van der Waals surface area (Å²) in [7, 11) is 0. The van der Waals surface area contributed by atoms with E-state index in [-0.39, 0.29) is 5.12 Å². The lowest BCUT2D eigenvalue weighted by Gasteiger charge is -2.12. The van der Waals surface area contributed by atoms with E-state index >= 15 is 0 Å². The molecular weight excluding hydrogens is 316 g/mol. The van der Waals surface area contributed by atoms with Crippen LogP contribution in [0.3, 0.4) is 0 Å². The summed E-state index contributed by atoms with van der Waals surface area (Å²) < 4.78 is 0. The summed E-state index contributed by atoms with van der Waals surface area (Å²) in [5, 5.41) is 0.0519. The van der Waals surface area contributed by atoms with Crippen LogP contribution in [0.2, 0.25) is 0 Å². The van der Waals surface area contributed by atoms with Crippen LogP contribution in [0.15, 0.2) is 12.1 Å². The third kappa shape index (κ3) is 7.61. The van der Waals surface area contributed by atoms with Gasteiger partial charge in [-0.05, 0) is 36.8 Å². The fraction of sp³-hybridized carbons (Fsp3) is 0.650. The highest BCUT2D eigenvalue weighted by molar-refractivity contribution is 8.13. The van der Waals surface area contributed by atoms with Crippen molar-refractivity contribution >= 4 is 28.3 Å². The molecule has 0 saturated heterocycles. The van der Waals surface area contributed by atoms with Gasteiger partial charge in [-0.3, -0.25) is 4.79 Å². The lowest BCUT2D eigenvalue weighted by molar-refractivity contribution is 0.108. The Bertz CT molecular complexity index is 503. The largest absolute Gasteiger partial charge is 0.399 e. The fourth-order valence-corrected chi connectivity index (χ4v) is 3.48. The number of unbranched alkanes of at least 4 members (excludes halogenated alkanes) is 9. The van der Waals surface area contributed by atoms with Crippen LogP contribution < -0.4 is 11.5 Å². The number of rotatable bonds is 12. The summed E-state index contributed by atoms with van der Waals surface area (Å²) in [6.07, 6.45) is 15.7. The van der Waals surface area contributed by atoms with Gasteiger partial charge in [-0.1, -0.05) is 76.5 Å². The van der Waals surface area contributed by atoms with E-state index < -0.39 is 0 Å². The van der Waals surface area contributed by atoms with Crippen LogP contribution in [-0.2, 0) is 6.42 Å². The lowest BCUT2D eigenvalue weighted by atomic mass is 9.98. The van der Waals surface area contributed by atoms with Crippen molar-refractivity contribution in [3.8, 4) is 0 Å². The molecule has 3 nitrogen and oxygen atoms in total. The Balaban J connectivity index is 2.31. The quantitative estimate of drug-likeness (QED) is 0.368. The molecule has 0 fully saturated rings. The van der Waals surface area contributed by atoms with Crippen LogP contribution in [0, 0.1) is 0 Å². The van der Waals surface area contributed by atoms with Crippen molar-refractivity contribution in [3.05, 3.63) is 23.3 Å². The number of nitrogens with two attached hydrogens (primary N) is 2. The fourth-order valence-electron chi connectivity index (χ4n) is 3.08. The van der Waals surface area contributed by atoms with Gasteiger partial charge in [-0.2, -0.15) is 0 Å². The first-order chi connectivity index (χ1) is 11.6. The molecule has 1 aromatic rings. The Morgan fingerprint density at radius 3 is 2.00 bits per heavy atom. The minimum Gasteiger partial charge on any atom is -0.399 e. The van der Waals surface area contributed by atoms with Gasteiger partial charge in [0.2, 0.25) is 5.12 Å². The molecule has 0 bridgehead atoms. The molecule has 0 saturated carbocycles. The van der Waals surface area contributed by atoms with Crippen LogP contribution in [0.4, 0.5) is 11.4 Å².